The minimum Gasteiger partial charge on any atom is -0.383 e. The molecule has 1 rings (SSSR count). The van der Waals surface area contributed by atoms with E-state index < -0.39 is 33.2 Å². The number of amides is 2. The molecule has 7 nitrogen and oxygen atoms in total. The van der Waals surface area contributed by atoms with Crippen LogP contribution in [0.2, 0.25) is 0 Å². The van der Waals surface area contributed by atoms with Gasteiger partial charge in [-0.3, -0.25) is 9.59 Å². The summed E-state index contributed by atoms with van der Waals surface area (Å²) in [6.45, 7) is 10.4. The Kier molecular flexibility index (Phi) is 7.03. The quantitative estimate of drug-likeness (QED) is 0.698. The molecule has 0 aromatic heterocycles. The van der Waals surface area contributed by atoms with Gasteiger partial charge >= 0.3 is 11.8 Å². The zero-order chi connectivity index (χ0) is 19.5. The maximum absolute atomic E-state index is 12.7. The Morgan fingerprint density at radius 3 is 2.24 bits per heavy atom. The molecule has 0 radical (unpaired) electrons. The zero-order valence-electron chi connectivity index (χ0n) is 16.2. The van der Waals surface area contributed by atoms with Crippen LogP contribution in [-0.2, 0) is 24.2 Å². The van der Waals surface area contributed by atoms with E-state index in [1.807, 2.05) is 13.8 Å². The second-order valence-corrected chi connectivity index (χ2v) is 10.9. The molecule has 1 aliphatic rings. The van der Waals surface area contributed by atoms with Crippen molar-refractivity contribution in [1.82, 2.24) is 10.2 Å². The molecule has 0 aliphatic carbocycles. The fraction of sp³-hybridized carbons (Fsp3) is 0.882. The van der Waals surface area contributed by atoms with Gasteiger partial charge in [0.05, 0.1) is 18.1 Å². The molecule has 0 aromatic rings. The van der Waals surface area contributed by atoms with E-state index in [2.05, 4.69) is 26.1 Å². The van der Waals surface area contributed by atoms with E-state index in [-0.39, 0.29) is 30.1 Å². The Bertz CT molecular complexity index is 593. The third-order valence-electron chi connectivity index (χ3n) is 4.06. The van der Waals surface area contributed by atoms with Gasteiger partial charge < -0.3 is 15.0 Å². The molecule has 8 heteroatoms. The smallest absolute Gasteiger partial charge is 0.312 e. The van der Waals surface area contributed by atoms with Crippen LogP contribution in [-0.4, -0.2) is 68.5 Å². The number of ether oxygens (including phenoxy) is 1. The summed E-state index contributed by atoms with van der Waals surface area (Å²) in [5.74, 6) is -1.44. The molecule has 0 spiro atoms. The summed E-state index contributed by atoms with van der Waals surface area (Å²) in [5, 5.41) is 2.79. The van der Waals surface area contributed by atoms with Gasteiger partial charge in [-0.1, -0.05) is 20.8 Å². The van der Waals surface area contributed by atoms with Crippen molar-refractivity contribution in [2.24, 2.45) is 5.41 Å². The Labute approximate surface area is 151 Å². The third kappa shape index (κ3) is 7.32. The summed E-state index contributed by atoms with van der Waals surface area (Å²) < 4.78 is 28.5. The van der Waals surface area contributed by atoms with Gasteiger partial charge in [-0.05, 0) is 32.1 Å². The number of sulfone groups is 1. The van der Waals surface area contributed by atoms with Crippen LogP contribution < -0.4 is 5.32 Å². The van der Waals surface area contributed by atoms with Gasteiger partial charge in [0.15, 0.2) is 9.84 Å². The van der Waals surface area contributed by atoms with Gasteiger partial charge in [-0.15, -0.1) is 0 Å². The van der Waals surface area contributed by atoms with E-state index in [1.54, 1.807) is 0 Å². The highest BCUT2D eigenvalue weighted by Crippen LogP contribution is 2.27. The molecule has 1 fully saturated rings. The lowest BCUT2D eigenvalue weighted by atomic mass is 9.82. The first kappa shape index (κ1) is 21.9. The number of rotatable bonds is 6. The first-order valence-electron chi connectivity index (χ1n) is 8.59. The van der Waals surface area contributed by atoms with E-state index in [0.717, 1.165) is 0 Å². The van der Waals surface area contributed by atoms with Crippen molar-refractivity contribution in [2.75, 3.05) is 31.8 Å². The second-order valence-electron chi connectivity index (χ2n) is 8.62. The molecule has 1 N–H and O–H groups in total. The lowest BCUT2D eigenvalue weighted by molar-refractivity contribution is -0.148. The highest BCUT2D eigenvalue weighted by Gasteiger charge is 2.38. The van der Waals surface area contributed by atoms with Gasteiger partial charge in [0.2, 0.25) is 0 Å². The van der Waals surface area contributed by atoms with Crippen LogP contribution in [0.1, 0.15) is 47.5 Å². The Hall–Kier alpha value is -1.15. The molecule has 0 bridgehead atoms. The minimum atomic E-state index is -3.15. The standard InChI is InChI=1S/C17H32N2O5S/c1-16(2,3)12-17(4,5)18-14(20)15(21)19(8-9-24-6)13-7-10-25(22,23)11-13/h13H,7-12H2,1-6H3,(H,18,20). The molecule has 146 valence electrons. The van der Waals surface area contributed by atoms with Gasteiger partial charge in [-0.2, -0.15) is 0 Å². The summed E-state index contributed by atoms with van der Waals surface area (Å²) >= 11 is 0. The average molecular weight is 377 g/mol. The van der Waals surface area contributed by atoms with Crippen molar-refractivity contribution in [2.45, 2.75) is 59.0 Å². The lowest BCUT2D eigenvalue weighted by Gasteiger charge is -2.34. The summed E-state index contributed by atoms with van der Waals surface area (Å²) in [4.78, 5) is 26.5. The average Bonchev–Trinajstić information content (AvgIpc) is 2.75. The molecular formula is C17H32N2O5S. The molecule has 1 unspecified atom stereocenters. The van der Waals surface area contributed by atoms with Crippen molar-refractivity contribution in [3.05, 3.63) is 0 Å². The van der Waals surface area contributed by atoms with Gasteiger partial charge in [0.25, 0.3) is 0 Å². The fourth-order valence-electron chi connectivity index (χ4n) is 3.52. The van der Waals surface area contributed by atoms with Crippen LogP contribution in [0.4, 0.5) is 0 Å². The predicted octanol–water partition coefficient (Wildman–Crippen LogP) is 0.980. The maximum Gasteiger partial charge on any atom is 0.312 e. The van der Waals surface area contributed by atoms with E-state index in [0.29, 0.717) is 12.8 Å². The van der Waals surface area contributed by atoms with Crippen molar-refractivity contribution < 1.29 is 22.7 Å². The molecule has 1 aliphatic heterocycles. The molecule has 1 saturated heterocycles. The normalized spacial score (nSPS) is 20.3. The molecule has 1 heterocycles. The lowest BCUT2D eigenvalue weighted by Crippen LogP contribution is -2.54. The van der Waals surface area contributed by atoms with Gasteiger partial charge in [0.1, 0.15) is 0 Å². The van der Waals surface area contributed by atoms with Crippen molar-refractivity contribution >= 4 is 21.7 Å². The number of nitrogens with one attached hydrogen (secondary N) is 1. The van der Waals surface area contributed by atoms with Gasteiger partial charge in [0, 0.05) is 25.2 Å². The van der Waals surface area contributed by atoms with E-state index >= 15 is 0 Å². The van der Waals surface area contributed by atoms with Crippen molar-refractivity contribution in [3.63, 3.8) is 0 Å². The summed E-state index contributed by atoms with van der Waals surface area (Å²) in [7, 11) is -1.65. The summed E-state index contributed by atoms with van der Waals surface area (Å²) in [6.07, 6.45) is 1.06. The van der Waals surface area contributed by atoms with Crippen LogP contribution in [0.25, 0.3) is 0 Å². The Morgan fingerprint density at radius 2 is 1.80 bits per heavy atom. The molecule has 0 saturated carbocycles. The third-order valence-corrected chi connectivity index (χ3v) is 5.82. The minimum absolute atomic E-state index is 0.00486. The molecule has 0 aromatic carbocycles. The number of methoxy groups -OCH3 is 1. The molecule has 1 atom stereocenters. The first-order chi connectivity index (χ1) is 11.3. The van der Waals surface area contributed by atoms with Crippen LogP contribution in [0.3, 0.4) is 0 Å². The van der Waals surface area contributed by atoms with Crippen LogP contribution in [0.5, 0.6) is 0 Å². The monoisotopic (exact) mass is 376 g/mol. The van der Waals surface area contributed by atoms with E-state index in [9.17, 15) is 18.0 Å². The van der Waals surface area contributed by atoms with E-state index in [1.165, 1.54) is 12.0 Å². The second kappa shape index (κ2) is 8.03. The number of carbonyl (C=O) groups is 2. The van der Waals surface area contributed by atoms with Crippen LogP contribution in [0, 0.1) is 5.41 Å². The zero-order valence-corrected chi connectivity index (χ0v) is 17.0. The number of hydrogen-bond donors (Lipinski definition) is 1. The summed E-state index contributed by atoms with van der Waals surface area (Å²) in [5.41, 5.74) is -0.547. The number of hydrogen-bond acceptors (Lipinski definition) is 5. The maximum atomic E-state index is 12.7. The molecule has 25 heavy (non-hydrogen) atoms. The molecule has 2 amide bonds. The Morgan fingerprint density at radius 1 is 1.20 bits per heavy atom. The topological polar surface area (TPSA) is 92.8 Å². The highest BCUT2D eigenvalue weighted by atomic mass is 32.2. The number of carbonyl (C=O) groups excluding carboxylic acids is 2. The van der Waals surface area contributed by atoms with Crippen molar-refractivity contribution in [1.29, 1.82) is 0 Å². The largest absolute Gasteiger partial charge is 0.383 e. The highest BCUT2D eigenvalue weighted by molar-refractivity contribution is 7.91. The SMILES string of the molecule is COCCN(C(=O)C(=O)NC(C)(C)CC(C)(C)C)C1CCS(=O)(=O)C1. The van der Waals surface area contributed by atoms with Crippen LogP contribution in [0.15, 0.2) is 0 Å². The van der Waals surface area contributed by atoms with Gasteiger partial charge in [-0.25, -0.2) is 8.42 Å². The first-order valence-corrected chi connectivity index (χ1v) is 10.4. The predicted molar refractivity (Wildman–Crippen MR) is 96.9 cm³/mol. The fourth-order valence-corrected chi connectivity index (χ4v) is 5.25. The van der Waals surface area contributed by atoms with E-state index in [4.69, 9.17) is 4.74 Å². The van der Waals surface area contributed by atoms with Crippen molar-refractivity contribution in [3.8, 4) is 0 Å². The number of nitrogens with zero attached hydrogens (tertiary/aromatic N) is 1. The molecular weight excluding hydrogens is 344 g/mol. The summed E-state index contributed by atoms with van der Waals surface area (Å²) in [6, 6.07) is -0.468. The Balaban J connectivity index is 2.84. The van der Waals surface area contributed by atoms with Crippen LogP contribution >= 0.6 is 0 Å².